The number of carbonyl (C=O) groups excluding carboxylic acids is 1. The fourth-order valence-electron chi connectivity index (χ4n) is 2.22. The molecule has 98 valence electrons. The van der Waals surface area contributed by atoms with Crippen LogP contribution in [0.5, 0.6) is 5.75 Å². The molecule has 0 radical (unpaired) electrons. The SMILES string of the molecule is Cc1cc(CCC(=O)c2ccccc2)cc(C)c1O. The Balaban J connectivity index is 2.05. The van der Waals surface area contributed by atoms with Gasteiger partial charge in [0.2, 0.25) is 0 Å². The molecular weight excluding hydrogens is 236 g/mol. The zero-order valence-corrected chi connectivity index (χ0v) is 11.3. The van der Waals surface area contributed by atoms with Crippen molar-refractivity contribution in [2.24, 2.45) is 0 Å². The summed E-state index contributed by atoms with van der Waals surface area (Å²) in [5, 5.41) is 9.72. The quantitative estimate of drug-likeness (QED) is 0.842. The topological polar surface area (TPSA) is 37.3 Å². The van der Waals surface area contributed by atoms with Gasteiger partial charge in [-0.15, -0.1) is 0 Å². The molecule has 0 aliphatic carbocycles. The van der Waals surface area contributed by atoms with Gasteiger partial charge in [-0.1, -0.05) is 42.5 Å². The second-order valence-electron chi connectivity index (χ2n) is 4.87. The summed E-state index contributed by atoms with van der Waals surface area (Å²) in [5.41, 5.74) is 3.58. The minimum absolute atomic E-state index is 0.156. The first-order chi connectivity index (χ1) is 9.08. The highest BCUT2D eigenvalue weighted by atomic mass is 16.3. The van der Waals surface area contributed by atoms with Crippen molar-refractivity contribution in [1.29, 1.82) is 0 Å². The Morgan fingerprint density at radius 3 is 2.21 bits per heavy atom. The van der Waals surface area contributed by atoms with E-state index in [2.05, 4.69) is 0 Å². The van der Waals surface area contributed by atoms with Crippen molar-refractivity contribution < 1.29 is 9.90 Å². The van der Waals surface area contributed by atoms with Gasteiger partial charge in [-0.2, -0.15) is 0 Å². The van der Waals surface area contributed by atoms with Gasteiger partial charge in [-0.3, -0.25) is 4.79 Å². The molecule has 1 N–H and O–H groups in total. The van der Waals surface area contributed by atoms with Gasteiger partial charge in [0, 0.05) is 12.0 Å². The second-order valence-corrected chi connectivity index (χ2v) is 4.87. The predicted molar refractivity (Wildman–Crippen MR) is 76.7 cm³/mol. The first kappa shape index (κ1) is 13.3. The molecule has 0 fully saturated rings. The molecule has 2 nitrogen and oxygen atoms in total. The van der Waals surface area contributed by atoms with Crippen molar-refractivity contribution in [3.05, 3.63) is 64.7 Å². The van der Waals surface area contributed by atoms with Crippen molar-refractivity contribution in [2.45, 2.75) is 26.7 Å². The smallest absolute Gasteiger partial charge is 0.163 e. The van der Waals surface area contributed by atoms with Crippen LogP contribution in [0.3, 0.4) is 0 Å². The summed E-state index contributed by atoms with van der Waals surface area (Å²) in [6.45, 7) is 3.76. The van der Waals surface area contributed by atoms with Crippen LogP contribution in [0.4, 0.5) is 0 Å². The lowest BCUT2D eigenvalue weighted by Gasteiger charge is -2.07. The summed E-state index contributed by atoms with van der Waals surface area (Å²) in [7, 11) is 0. The molecule has 0 saturated heterocycles. The van der Waals surface area contributed by atoms with Gasteiger partial charge in [-0.25, -0.2) is 0 Å². The van der Waals surface area contributed by atoms with Crippen LogP contribution in [0.25, 0.3) is 0 Å². The highest BCUT2D eigenvalue weighted by Gasteiger charge is 2.07. The Bertz CT molecular complexity index is 562. The number of phenolic OH excluding ortho intramolecular Hbond substituents is 1. The number of aromatic hydroxyl groups is 1. The molecule has 0 aliphatic rings. The number of rotatable bonds is 4. The molecule has 2 aromatic carbocycles. The van der Waals surface area contributed by atoms with Crippen molar-refractivity contribution in [1.82, 2.24) is 0 Å². The summed E-state index contributed by atoms with van der Waals surface area (Å²) >= 11 is 0. The van der Waals surface area contributed by atoms with Crippen molar-refractivity contribution >= 4 is 5.78 Å². The van der Waals surface area contributed by atoms with Crippen LogP contribution in [-0.2, 0) is 6.42 Å². The number of benzene rings is 2. The van der Waals surface area contributed by atoms with Crippen molar-refractivity contribution in [3.63, 3.8) is 0 Å². The highest BCUT2D eigenvalue weighted by Crippen LogP contribution is 2.23. The molecule has 19 heavy (non-hydrogen) atoms. The lowest BCUT2D eigenvalue weighted by atomic mass is 9.99. The van der Waals surface area contributed by atoms with E-state index in [1.54, 1.807) is 0 Å². The van der Waals surface area contributed by atoms with Crippen LogP contribution in [0.2, 0.25) is 0 Å². The third-order valence-electron chi connectivity index (χ3n) is 3.29. The number of phenols is 1. The monoisotopic (exact) mass is 254 g/mol. The third kappa shape index (κ3) is 3.22. The zero-order valence-electron chi connectivity index (χ0n) is 11.3. The molecule has 0 heterocycles. The summed E-state index contributed by atoms with van der Waals surface area (Å²) in [6.07, 6.45) is 1.20. The number of ketones is 1. The lowest BCUT2D eigenvalue weighted by Crippen LogP contribution is -2.01. The molecule has 2 heteroatoms. The summed E-state index contributed by atoms with van der Waals surface area (Å²) in [5.74, 6) is 0.502. The number of hydrogen-bond donors (Lipinski definition) is 1. The molecule has 0 atom stereocenters. The Morgan fingerprint density at radius 1 is 1.05 bits per heavy atom. The minimum Gasteiger partial charge on any atom is -0.507 e. The van der Waals surface area contributed by atoms with E-state index in [0.29, 0.717) is 18.6 Å². The fraction of sp³-hybridized carbons (Fsp3) is 0.235. The second kappa shape index (κ2) is 5.70. The first-order valence-electron chi connectivity index (χ1n) is 6.45. The van der Waals surface area contributed by atoms with Gasteiger partial charge in [0.05, 0.1) is 0 Å². The molecule has 0 bridgehead atoms. The van der Waals surface area contributed by atoms with Crippen LogP contribution in [0.1, 0.15) is 33.5 Å². The molecule has 0 saturated carbocycles. The Morgan fingerprint density at radius 2 is 1.63 bits per heavy atom. The number of Topliss-reactive ketones (excluding diaryl/α,β-unsaturated/α-hetero) is 1. The van der Waals surface area contributed by atoms with E-state index in [9.17, 15) is 9.90 Å². The van der Waals surface area contributed by atoms with E-state index < -0.39 is 0 Å². The average Bonchev–Trinajstić information content (AvgIpc) is 2.43. The Hall–Kier alpha value is -2.09. The summed E-state index contributed by atoms with van der Waals surface area (Å²) in [4.78, 5) is 12.0. The summed E-state index contributed by atoms with van der Waals surface area (Å²) < 4.78 is 0. The molecular formula is C17H18O2. The standard InChI is InChI=1S/C17H18O2/c1-12-10-14(11-13(2)17(12)19)8-9-16(18)15-6-4-3-5-7-15/h3-7,10-11,19H,8-9H2,1-2H3. The fourth-order valence-corrected chi connectivity index (χ4v) is 2.22. The molecule has 0 amide bonds. The Labute approximate surface area is 113 Å². The first-order valence-corrected chi connectivity index (χ1v) is 6.45. The minimum atomic E-state index is 0.156. The lowest BCUT2D eigenvalue weighted by molar-refractivity contribution is 0.0983. The zero-order chi connectivity index (χ0) is 13.8. The van der Waals surface area contributed by atoms with E-state index in [0.717, 1.165) is 22.3 Å². The maximum atomic E-state index is 12.0. The van der Waals surface area contributed by atoms with Crippen molar-refractivity contribution in [3.8, 4) is 5.75 Å². The largest absolute Gasteiger partial charge is 0.507 e. The van der Waals surface area contributed by atoms with Crippen molar-refractivity contribution in [2.75, 3.05) is 0 Å². The van der Waals surface area contributed by atoms with E-state index in [1.807, 2.05) is 56.3 Å². The van der Waals surface area contributed by atoms with Crippen LogP contribution in [-0.4, -0.2) is 10.9 Å². The van der Waals surface area contributed by atoms with Gasteiger partial charge in [0.1, 0.15) is 5.75 Å². The third-order valence-corrected chi connectivity index (χ3v) is 3.29. The van der Waals surface area contributed by atoms with Crippen LogP contribution in [0.15, 0.2) is 42.5 Å². The van der Waals surface area contributed by atoms with E-state index >= 15 is 0 Å². The molecule has 0 aliphatic heterocycles. The van der Waals surface area contributed by atoms with Crippen LogP contribution >= 0.6 is 0 Å². The van der Waals surface area contributed by atoms with Crippen LogP contribution in [0, 0.1) is 13.8 Å². The molecule has 0 spiro atoms. The summed E-state index contributed by atoms with van der Waals surface area (Å²) in [6, 6.07) is 13.2. The maximum absolute atomic E-state index is 12.0. The molecule has 0 aromatic heterocycles. The number of aryl methyl sites for hydroxylation is 3. The Kier molecular flexibility index (Phi) is 4.00. The predicted octanol–water partition coefficient (Wildman–Crippen LogP) is 3.82. The van der Waals surface area contributed by atoms with E-state index in [4.69, 9.17) is 0 Å². The van der Waals surface area contributed by atoms with Gasteiger partial charge in [0.25, 0.3) is 0 Å². The van der Waals surface area contributed by atoms with Gasteiger partial charge < -0.3 is 5.11 Å². The van der Waals surface area contributed by atoms with Gasteiger partial charge >= 0.3 is 0 Å². The van der Waals surface area contributed by atoms with E-state index in [1.165, 1.54) is 0 Å². The highest BCUT2D eigenvalue weighted by molar-refractivity contribution is 5.96. The van der Waals surface area contributed by atoms with E-state index in [-0.39, 0.29) is 5.78 Å². The number of carbonyl (C=O) groups is 1. The normalized spacial score (nSPS) is 10.4. The average molecular weight is 254 g/mol. The molecule has 2 aromatic rings. The molecule has 0 unspecified atom stereocenters. The number of hydrogen-bond acceptors (Lipinski definition) is 2. The van der Waals surface area contributed by atoms with Gasteiger partial charge in [-0.05, 0) is 37.0 Å². The van der Waals surface area contributed by atoms with Crippen LogP contribution < -0.4 is 0 Å². The molecule has 2 rings (SSSR count). The van der Waals surface area contributed by atoms with Gasteiger partial charge in [0.15, 0.2) is 5.78 Å². The maximum Gasteiger partial charge on any atom is 0.163 e.